The van der Waals surface area contributed by atoms with Crippen LogP contribution in [0.25, 0.3) is 0 Å². The number of methoxy groups -OCH3 is 1. The molecule has 150 valence electrons. The standard InChI is InChI=1S/C23H24N2O4/c1-29-23(28)18-7-4-10-20-17(18)8-5-13-25(20)21(26)12-11-16-14-15-6-2-3-9-19(15)24-22(16)27/h2-4,6-7,9-10,16H,5,8,11-14H2,1H3,(H,24,27). The molecule has 0 saturated heterocycles. The van der Waals surface area contributed by atoms with Crippen molar-refractivity contribution in [3.05, 3.63) is 59.2 Å². The molecule has 2 amide bonds. The Labute approximate surface area is 169 Å². The van der Waals surface area contributed by atoms with E-state index in [4.69, 9.17) is 4.74 Å². The van der Waals surface area contributed by atoms with Crippen molar-refractivity contribution in [3.8, 4) is 0 Å². The maximum absolute atomic E-state index is 13.0. The highest BCUT2D eigenvalue weighted by Crippen LogP contribution is 2.32. The SMILES string of the molecule is COC(=O)c1cccc2c1CCCN2C(=O)CCC1Cc2ccccc2NC1=O. The first-order valence-corrected chi connectivity index (χ1v) is 9.98. The number of esters is 1. The average molecular weight is 392 g/mol. The highest BCUT2D eigenvalue weighted by molar-refractivity contribution is 5.99. The van der Waals surface area contributed by atoms with Gasteiger partial charge in [0.2, 0.25) is 11.8 Å². The molecule has 0 fully saturated rings. The van der Waals surface area contributed by atoms with Crippen molar-refractivity contribution in [1.29, 1.82) is 0 Å². The molecule has 2 aromatic carbocycles. The van der Waals surface area contributed by atoms with Gasteiger partial charge in [0.25, 0.3) is 0 Å². The fraction of sp³-hybridized carbons (Fsp3) is 0.348. The molecule has 0 bridgehead atoms. The van der Waals surface area contributed by atoms with Crippen LogP contribution in [0.1, 0.15) is 40.7 Å². The molecule has 6 heteroatoms. The summed E-state index contributed by atoms with van der Waals surface area (Å²) < 4.78 is 4.88. The van der Waals surface area contributed by atoms with E-state index in [1.165, 1.54) is 7.11 Å². The van der Waals surface area contributed by atoms with Crippen LogP contribution in [-0.2, 0) is 27.2 Å². The summed E-state index contributed by atoms with van der Waals surface area (Å²) in [5.41, 5.74) is 4.13. The van der Waals surface area contributed by atoms with Gasteiger partial charge in [-0.2, -0.15) is 0 Å². The third-order valence-electron chi connectivity index (χ3n) is 5.78. The van der Waals surface area contributed by atoms with Crippen LogP contribution in [-0.4, -0.2) is 31.4 Å². The fourth-order valence-electron chi connectivity index (χ4n) is 4.26. The van der Waals surface area contributed by atoms with Gasteiger partial charge < -0.3 is 15.0 Å². The maximum Gasteiger partial charge on any atom is 0.338 e. The molecule has 2 aliphatic rings. The summed E-state index contributed by atoms with van der Waals surface area (Å²) in [5.74, 6) is -0.628. The van der Waals surface area contributed by atoms with Crippen LogP contribution in [0, 0.1) is 5.92 Å². The molecule has 0 radical (unpaired) electrons. The number of hydrogen-bond acceptors (Lipinski definition) is 4. The molecule has 0 aromatic heterocycles. The Hall–Kier alpha value is -3.15. The van der Waals surface area contributed by atoms with E-state index >= 15 is 0 Å². The second-order valence-corrected chi connectivity index (χ2v) is 7.53. The number of anilines is 2. The second kappa shape index (κ2) is 8.07. The van der Waals surface area contributed by atoms with Crippen LogP contribution in [0.2, 0.25) is 0 Å². The molecular weight excluding hydrogens is 368 g/mol. The molecule has 1 N–H and O–H groups in total. The zero-order valence-corrected chi connectivity index (χ0v) is 16.4. The highest BCUT2D eigenvalue weighted by atomic mass is 16.5. The summed E-state index contributed by atoms with van der Waals surface area (Å²) in [5, 5.41) is 2.94. The number of amides is 2. The molecule has 1 unspecified atom stereocenters. The van der Waals surface area contributed by atoms with Gasteiger partial charge in [0.1, 0.15) is 0 Å². The van der Waals surface area contributed by atoms with Gasteiger partial charge in [-0.25, -0.2) is 4.79 Å². The topological polar surface area (TPSA) is 75.7 Å². The predicted octanol–water partition coefficient (Wildman–Crippen LogP) is 3.34. The highest BCUT2D eigenvalue weighted by Gasteiger charge is 2.29. The molecule has 0 saturated carbocycles. The zero-order chi connectivity index (χ0) is 20.4. The smallest absolute Gasteiger partial charge is 0.338 e. The van der Waals surface area contributed by atoms with Crippen LogP contribution >= 0.6 is 0 Å². The lowest BCUT2D eigenvalue weighted by Gasteiger charge is -2.31. The quantitative estimate of drug-likeness (QED) is 0.810. The molecule has 0 spiro atoms. The third-order valence-corrected chi connectivity index (χ3v) is 5.78. The monoisotopic (exact) mass is 392 g/mol. The number of rotatable bonds is 4. The molecule has 2 aliphatic heterocycles. The van der Waals surface area contributed by atoms with E-state index in [0.29, 0.717) is 31.4 Å². The number of fused-ring (bicyclic) bond motifs is 2. The van der Waals surface area contributed by atoms with Crippen molar-refractivity contribution < 1.29 is 19.1 Å². The van der Waals surface area contributed by atoms with Gasteiger partial charge in [-0.3, -0.25) is 9.59 Å². The van der Waals surface area contributed by atoms with Crippen molar-refractivity contribution >= 4 is 29.2 Å². The van der Waals surface area contributed by atoms with Crippen LogP contribution in [0.3, 0.4) is 0 Å². The first kappa shape index (κ1) is 19.2. The number of nitrogens with zero attached hydrogens (tertiary/aromatic N) is 1. The minimum Gasteiger partial charge on any atom is -0.465 e. The number of benzene rings is 2. The summed E-state index contributed by atoms with van der Waals surface area (Å²) in [6.45, 7) is 0.621. The molecular formula is C23H24N2O4. The zero-order valence-electron chi connectivity index (χ0n) is 16.4. The van der Waals surface area contributed by atoms with Crippen LogP contribution in [0.4, 0.5) is 11.4 Å². The van der Waals surface area contributed by atoms with Gasteiger partial charge in [-0.1, -0.05) is 24.3 Å². The molecule has 4 rings (SSSR count). The summed E-state index contributed by atoms with van der Waals surface area (Å²) in [6.07, 6.45) is 2.98. The molecule has 2 aromatic rings. The number of carbonyl (C=O) groups is 3. The maximum atomic E-state index is 13.0. The number of nitrogens with one attached hydrogen (secondary N) is 1. The Morgan fingerprint density at radius 1 is 1.17 bits per heavy atom. The minimum absolute atomic E-state index is 0.0142. The lowest BCUT2D eigenvalue weighted by Crippen LogP contribution is -2.37. The largest absolute Gasteiger partial charge is 0.465 e. The van der Waals surface area contributed by atoms with Gasteiger partial charge in [-0.15, -0.1) is 0 Å². The number of hydrogen-bond donors (Lipinski definition) is 1. The first-order valence-electron chi connectivity index (χ1n) is 9.98. The normalized spacial score (nSPS) is 17.8. The average Bonchev–Trinajstić information content (AvgIpc) is 2.76. The van der Waals surface area contributed by atoms with E-state index < -0.39 is 0 Å². The second-order valence-electron chi connectivity index (χ2n) is 7.53. The predicted molar refractivity (Wildman–Crippen MR) is 110 cm³/mol. The summed E-state index contributed by atoms with van der Waals surface area (Å²) >= 11 is 0. The molecule has 2 heterocycles. The third kappa shape index (κ3) is 3.75. The van der Waals surface area contributed by atoms with Crippen LogP contribution in [0.15, 0.2) is 42.5 Å². The summed E-state index contributed by atoms with van der Waals surface area (Å²) in [7, 11) is 1.36. The summed E-state index contributed by atoms with van der Waals surface area (Å²) in [6, 6.07) is 13.2. The van der Waals surface area contributed by atoms with E-state index in [1.807, 2.05) is 30.3 Å². The lowest BCUT2D eigenvalue weighted by atomic mass is 9.89. The van der Waals surface area contributed by atoms with Crippen molar-refractivity contribution in [1.82, 2.24) is 0 Å². The first-order chi connectivity index (χ1) is 14.1. The van der Waals surface area contributed by atoms with Crippen molar-refractivity contribution in [2.24, 2.45) is 5.92 Å². The Kier molecular flexibility index (Phi) is 5.34. The molecule has 29 heavy (non-hydrogen) atoms. The number of ether oxygens (including phenoxy) is 1. The fourth-order valence-corrected chi connectivity index (χ4v) is 4.26. The van der Waals surface area contributed by atoms with E-state index in [9.17, 15) is 14.4 Å². The van der Waals surface area contributed by atoms with E-state index in [2.05, 4.69) is 5.32 Å². The summed E-state index contributed by atoms with van der Waals surface area (Å²) in [4.78, 5) is 39.2. The minimum atomic E-state index is -0.381. The van der Waals surface area contributed by atoms with Crippen molar-refractivity contribution in [2.75, 3.05) is 23.9 Å². The Morgan fingerprint density at radius 3 is 2.83 bits per heavy atom. The Balaban J connectivity index is 1.47. The van der Waals surface area contributed by atoms with Gasteiger partial charge >= 0.3 is 5.97 Å². The van der Waals surface area contributed by atoms with Crippen molar-refractivity contribution in [3.63, 3.8) is 0 Å². The van der Waals surface area contributed by atoms with Gasteiger partial charge in [0.15, 0.2) is 0 Å². The van der Waals surface area contributed by atoms with Gasteiger partial charge in [-0.05, 0) is 55.0 Å². The molecule has 6 nitrogen and oxygen atoms in total. The lowest BCUT2D eigenvalue weighted by molar-refractivity contribution is -0.121. The van der Waals surface area contributed by atoms with E-state index in [0.717, 1.165) is 35.3 Å². The van der Waals surface area contributed by atoms with E-state index in [-0.39, 0.29) is 23.7 Å². The van der Waals surface area contributed by atoms with Gasteiger partial charge in [0, 0.05) is 30.3 Å². The van der Waals surface area contributed by atoms with Gasteiger partial charge in [0.05, 0.1) is 12.7 Å². The van der Waals surface area contributed by atoms with E-state index in [1.54, 1.807) is 17.0 Å². The Morgan fingerprint density at radius 2 is 2.00 bits per heavy atom. The van der Waals surface area contributed by atoms with Crippen LogP contribution in [0.5, 0.6) is 0 Å². The van der Waals surface area contributed by atoms with Crippen molar-refractivity contribution in [2.45, 2.75) is 32.1 Å². The molecule has 0 aliphatic carbocycles. The molecule has 1 atom stereocenters. The number of para-hydroxylation sites is 1. The Bertz CT molecular complexity index is 969. The number of carbonyl (C=O) groups excluding carboxylic acids is 3. The van der Waals surface area contributed by atoms with Crippen LogP contribution < -0.4 is 10.2 Å².